The van der Waals surface area contributed by atoms with Crippen LogP contribution in [0.25, 0.3) is 5.70 Å². The second-order valence-corrected chi connectivity index (χ2v) is 9.20. The first-order chi connectivity index (χ1) is 16.0. The first-order valence-electron chi connectivity index (χ1n) is 12.4. The predicted molar refractivity (Wildman–Crippen MR) is 140 cm³/mol. The topological polar surface area (TPSA) is 54.7 Å². The summed E-state index contributed by atoms with van der Waals surface area (Å²) in [5.41, 5.74) is 8.00. The van der Waals surface area contributed by atoms with Gasteiger partial charge < -0.3 is 20.5 Å². The number of hydrogen-bond donors (Lipinski definition) is 2. The normalized spacial score (nSPS) is 21.5. The zero-order chi connectivity index (χ0) is 23.4. The summed E-state index contributed by atoms with van der Waals surface area (Å²) in [4.78, 5) is 9.70. The summed E-state index contributed by atoms with van der Waals surface area (Å²) in [6.45, 7) is 11.8. The number of piperazine rings is 1. The first kappa shape index (κ1) is 23.2. The average Bonchev–Trinajstić information content (AvgIpc) is 2.82. The Kier molecular flexibility index (Phi) is 7.29. The Hall–Kier alpha value is -2.92. The molecule has 1 aromatic rings. The van der Waals surface area contributed by atoms with Crippen LogP contribution < -0.4 is 5.32 Å². The lowest BCUT2D eigenvalue weighted by molar-refractivity contribution is 0.259. The van der Waals surface area contributed by atoms with Crippen LogP contribution in [0.3, 0.4) is 0 Å². The summed E-state index contributed by atoms with van der Waals surface area (Å²) < 4.78 is 0. The van der Waals surface area contributed by atoms with Gasteiger partial charge in [0.2, 0.25) is 0 Å². The van der Waals surface area contributed by atoms with Crippen LogP contribution in [0.15, 0.2) is 59.0 Å². The molecule has 5 heteroatoms. The monoisotopic (exact) mass is 443 g/mol. The Morgan fingerprint density at radius 2 is 2.09 bits per heavy atom. The fourth-order valence-corrected chi connectivity index (χ4v) is 4.83. The molecule has 3 aliphatic rings. The van der Waals surface area contributed by atoms with E-state index in [4.69, 9.17) is 10.4 Å². The van der Waals surface area contributed by atoms with E-state index in [1.807, 2.05) is 0 Å². The van der Waals surface area contributed by atoms with Crippen LogP contribution in [0, 0.1) is 12.3 Å². The van der Waals surface area contributed by atoms with Gasteiger partial charge in [-0.25, -0.2) is 4.99 Å². The number of fused-ring (bicyclic) bond motifs is 1. The number of hydrogen-bond acceptors (Lipinski definition) is 5. The molecule has 1 saturated heterocycles. The minimum Gasteiger partial charge on any atom is -0.368 e. The van der Waals surface area contributed by atoms with E-state index in [1.165, 1.54) is 23.0 Å². The molecule has 3 heterocycles. The van der Waals surface area contributed by atoms with E-state index in [1.54, 1.807) is 0 Å². The van der Waals surface area contributed by atoms with Gasteiger partial charge in [-0.1, -0.05) is 26.3 Å². The maximum Gasteiger partial charge on any atom is 0.137 e. The average molecular weight is 444 g/mol. The maximum atomic E-state index is 7.99. The molecule has 0 saturated carbocycles. The number of amidine groups is 1. The van der Waals surface area contributed by atoms with Gasteiger partial charge in [0, 0.05) is 49.4 Å². The van der Waals surface area contributed by atoms with E-state index >= 15 is 0 Å². The number of benzene rings is 1. The van der Waals surface area contributed by atoms with Gasteiger partial charge in [0.05, 0.1) is 11.4 Å². The van der Waals surface area contributed by atoms with Crippen molar-refractivity contribution in [2.24, 2.45) is 4.99 Å². The Labute approximate surface area is 198 Å². The molecular weight excluding hydrogens is 406 g/mol. The molecule has 0 bridgehead atoms. The van der Waals surface area contributed by atoms with Crippen LogP contribution in [0.1, 0.15) is 62.3 Å². The van der Waals surface area contributed by atoms with Crippen molar-refractivity contribution in [1.29, 1.82) is 5.41 Å². The van der Waals surface area contributed by atoms with Crippen molar-refractivity contribution in [1.82, 2.24) is 15.1 Å². The maximum absolute atomic E-state index is 7.99. The molecule has 0 amide bonds. The molecule has 33 heavy (non-hydrogen) atoms. The Morgan fingerprint density at radius 1 is 1.24 bits per heavy atom. The summed E-state index contributed by atoms with van der Waals surface area (Å²) in [6.07, 6.45) is 16.8. The van der Waals surface area contributed by atoms with Gasteiger partial charge in [-0.05, 0) is 80.2 Å². The molecule has 1 fully saturated rings. The van der Waals surface area contributed by atoms with E-state index in [2.05, 4.69) is 85.4 Å². The molecule has 1 aromatic carbocycles. The van der Waals surface area contributed by atoms with Crippen molar-refractivity contribution in [3.05, 3.63) is 76.3 Å². The molecule has 0 aliphatic carbocycles. The van der Waals surface area contributed by atoms with E-state index in [0.29, 0.717) is 6.04 Å². The van der Waals surface area contributed by atoms with E-state index in [0.717, 1.165) is 73.7 Å². The van der Waals surface area contributed by atoms with Crippen LogP contribution in [0.4, 0.5) is 0 Å². The second-order valence-electron chi connectivity index (χ2n) is 9.20. The SMILES string of the molecule is CC/C=C1/C=C(c2cc(C)c(CCCC)c(C=N)c2)N=C2C=CC(N3CCN[C@@H](C)C3)=CN21. The van der Waals surface area contributed by atoms with Gasteiger partial charge in [-0.3, -0.25) is 0 Å². The summed E-state index contributed by atoms with van der Waals surface area (Å²) in [6, 6.07) is 4.87. The Bertz CT molecular complexity index is 1060. The fraction of sp³-hybridized carbons (Fsp3) is 0.429. The third-order valence-corrected chi connectivity index (χ3v) is 6.60. The first-order valence-corrected chi connectivity index (χ1v) is 12.4. The van der Waals surface area contributed by atoms with Crippen LogP contribution in [-0.2, 0) is 6.42 Å². The van der Waals surface area contributed by atoms with Gasteiger partial charge >= 0.3 is 0 Å². The number of nitrogens with one attached hydrogen (secondary N) is 2. The van der Waals surface area contributed by atoms with Crippen LogP contribution in [-0.4, -0.2) is 47.5 Å². The molecule has 5 nitrogen and oxygen atoms in total. The molecule has 1 atom stereocenters. The summed E-state index contributed by atoms with van der Waals surface area (Å²) in [5, 5.41) is 11.5. The van der Waals surface area contributed by atoms with Crippen molar-refractivity contribution < 1.29 is 0 Å². The summed E-state index contributed by atoms with van der Waals surface area (Å²) >= 11 is 0. The Balaban J connectivity index is 1.67. The van der Waals surface area contributed by atoms with E-state index < -0.39 is 0 Å². The van der Waals surface area contributed by atoms with Crippen LogP contribution in [0.2, 0.25) is 0 Å². The van der Waals surface area contributed by atoms with E-state index in [9.17, 15) is 0 Å². The van der Waals surface area contributed by atoms with Gasteiger partial charge in [0.1, 0.15) is 5.84 Å². The minimum atomic E-state index is 0.494. The molecule has 0 radical (unpaired) electrons. The standard InChI is InChI=1S/C28H37N5/c1-5-7-9-26-20(3)14-22(15-23(26)17-29)27-16-24(8-6-2)33-19-25(10-11-28(33)31-27)32-13-12-30-21(4)18-32/h8,10-11,14-17,19,21,29-30H,5-7,9,12-13,18H2,1-4H3/b24-8-,29-17?/t21-/m0/s1. The van der Waals surface area contributed by atoms with Gasteiger partial charge in [-0.15, -0.1) is 0 Å². The molecule has 3 aliphatic heterocycles. The minimum absolute atomic E-state index is 0.494. The number of aliphatic imine (C=N–C) groups is 1. The zero-order valence-corrected chi connectivity index (χ0v) is 20.5. The number of unbranched alkanes of at least 4 members (excludes halogenated alkanes) is 1. The molecule has 4 rings (SSSR count). The smallest absolute Gasteiger partial charge is 0.137 e. The van der Waals surface area contributed by atoms with Crippen LogP contribution >= 0.6 is 0 Å². The molecule has 2 N–H and O–H groups in total. The zero-order valence-electron chi connectivity index (χ0n) is 20.5. The number of rotatable bonds is 7. The van der Waals surface area contributed by atoms with Crippen molar-refractivity contribution in [3.63, 3.8) is 0 Å². The van der Waals surface area contributed by atoms with Crippen molar-refractivity contribution in [3.8, 4) is 0 Å². The van der Waals surface area contributed by atoms with Gasteiger partial charge in [0.15, 0.2) is 0 Å². The van der Waals surface area contributed by atoms with Crippen molar-refractivity contribution >= 4 is 17.7 Å². The lowest BCUT2D eigenvalue weighted by atomic mass is 9.93. The highest BCUT2D eigenvalue weighted by molar-refractivity contribution is 6.02. The summed E-state index contributed by atoms with van der Waals surface area (Å²) in [7, 11) is 0. The largest absolute Gasteiger partial charge is 0.368 e. The molecule has 174 valence electrons. The lowest BCUT2D eigenvalue weighted by Crippen LogP contribution is -2.49. The molecule has 0 unspecified atom stereocenters. The molecule has 0 aromatic heterocycles. The lowest BCUT2D eigenvalue weighted by Gasteiger charge is -2.37. The summed E-state index contributed by atoms with van der Waals surface area (Å²) in [5.74, 6) is 0.947. The van der Waals surface area contributed by atoms with Crippen LogP contribution in [0.5, 0.6) is 0 Å². The third-order valence-electron chi connectivity index (χ3n) is 6.60. The fourth-order valence-electron chi connectivity index (χ4n) is 4.83. The van der Waals surface area contributed by atoms with E-state index in [-0.39, 0.29) is 0 Å². The number of aryl methyl sites for hydroxylation is 1. The molecule has 0 spiro atoms. The van der Waals surface area contributed by atoms with Gasteiger partial charge in [0.25, 0.3) is 0 Å². The number of nitrogens with zero attached hydrogens (tertiary/aromatic N) is 3. The Morgan fingerprint density at radius 3 is 2.82 bits per heavy atom. The van der Waals surface area contributed by atoms with Gasteiger partial charge in [-0.2, -0.15) is 0 Å². The molecular formula is C28H37N5. The highest BCUT2D eigenvalue weighted by Gasteiger charge is 2.25. The third kappa shape index (κ3) is 5.03. The number of allylic oxidation sites excluding steroid dienone is 3. The van der Waals surface area contributed by atoms with Crippen molar-refractivity contribution in [2.45, 2.75) is 59.4 Å². The highest BCUT2D eigenvalue weighted by atomic mass is 15.3. The second kappa shape index (κ2) is 10.3. The predicted octanol–water partition coefficient (Wildman–Crippen LogP) is 5.39. The van der Waals surface area contributed by atoms with Crippen molar-refractivity contribution in [2.75, 3.05) is 19.6 Å². The quantitative estimate of drug-likeness (QED) is 0.556. The highest BCUT2D eigenvalue weighted by Crippen LogP contribution is 2.31.